The van der Waals surface area contributed by atoms with Crippen LogP contribution in [0.1, 0.15) is 5.56 Å². The van der Waals surface area contributed by atoms with E-state index in [4.69, 9.17) is 41.0 Å². The molecular weight excluding hydrogens is 544 g/mol. The number of methoxy groups -OCH3 is 3. The second-order valence-electron chi connectivity index (χ2n) is 8.18. The van der Waals surface area contributed by atoms with Gasteiger partial charge in [-0.15, -0.1) is 0 Å². The third-order valence-corrected chi connectivity index (χ3v) is 6.02. The zero-order valence-electron chi connectivity index (χ0n) is 21.0. The normalized spacial score (nSPS) is 18.1. The van der Waals surface area contributed by atoms with Crippen LogP contribution in [-0.2, 0) is 20.9 Å². The number of rotatable bonds is 10. The van der Waals surface area contributed by atoms with Gasteiger partial charge in [0.15, 0.2) is 41.7 Å². The van der Waals surface area contributed by atoms with E-state index in [0.717, 1.165) is 6.07 Å². The molecule has 0 aromatic heterocycles. The third-order valence-electron chi connectivity index (χ3n) is 5.72. The number of anilines is 1. The van der Waals surface area contributed by atoms with E-state index < -0.39 is 49.0 Å². The molecule has 39 heavy (non-hydrogen) atoms. The summed E-state index contributed by atoms with van der Waals surface area (Å²) < 4.78 is 55.2. The summed E-state index contributed by atoms with van der Waals surface area (Å²) in [6.07, 6.45) is -0.862. The van der Waals surface area contributed by atoms with Crippen molar-refractivity contribution in [2.45, 2.75) is 18.8 Å². The summed E-state index contributed by atoms with van der Waals surface area (Å²) in [5.74, 6) is -2.63. The minimum Gasteiger partial charge on any atom is -0.496 e. The van der Waals surface area contributed by atoms with Crippen molar-refractivity contribution in [2.24, 2.45) is 15.7 Å². The lowest BCUT2D eigenvalue weighted by Gasteiger charge is -2.27. The van der Waals surface area contributed by atoms with Crippen LogP contribution in [0.15, 0.2) is 34.3 Å². The van der Waals surface area contributed by atoms with Crippen LogP contribution in [0.2, 0.25) is 5.02 Å². The van der Waals surface area contributed by atoms with Gasteiger partial charge < -0.3 is 34.7 Å². The highest BCUT2D eigenvalue weighted by atomic mass is 35.5. The molecule has 208 valence electrons. The molecule has 3 amide bonds. The van der Waals surface area contributed by atoms with Crippen LogP contribution in [0.3, 0.4) is 0 Å². The van der Waals surface area contributed by atoms with E-state index >= 15 is 0 Å². The Labute approximate surface area is 226 Å². The van der Waals surface area contributed by atoms with Crippen molar-refractivity contribution in [3.05, 3.63) is 46.5 Å². The van der Waals surface area contributed by atoms with Gasteiger partial charge in [0.05, 0.1) is 30.5 Å². The molecule has 0 radical (unpaired) electrons. The lowest BCUT2D eigenvalue weighted by Crippen LogP contribution is -2.45. The number of carbonyl (C=O) groups is 2. The summed E-state index contributed by atoms with van der Waals surface area (Å²) in [5, 5.41) is 2.76. The number of hydrogen-bond donors (Lipinski definition) is 2. The SMILES string of the molecule is COCC1=NC2C(NC(=O)N2c2cc(OCc3c(OC)ccc(F)c3F)c(OCC(N)=O)cc2Cl)C(OC)=N1. The van der Waals surface area contributed by atoms with Gasteiger partial charge in [0, 0.05) is 19.2 Å². The summed E-state index contributed by atoms with van der Waals surface area (Å²) in [5.41, 5.74) is 5.12. The Bertz CT molecular complexity index is 1360. The van der Waals surface area contributed by atoms with Gasteiger partial charge in [-0.3, -0.25) is 9.69 Å². The molecule has 0 bridgehead atoms. The van der Waals surface area contributed by atoms with Crippen LogP contribution >= 0.6 is 11.6 Å². The Balaban J connectivity index is 1.74. The zero-order chi connectivity index (χ0) is 28.3. The van der Waals surface area contributed by atoms with Gasteiger partial charge in [-0.05, 0) is 12.1 Å². The van der Waals surface area contributed by atoms with Gasteiger partial charge in [0.1, 0.15) is 25.0 Å². The molecule has 2 atom stereocenters. The Morgan fingerprint density at radius 2 is 1.85 bits per heavy atom. The highest BCUT2D eigenvalue weighted by molar-refractivity contribution is 6.34. The third kappa shape index (κ3) is 5.66. The number of ether oxygens (including phenoxy) is 5. The van der Waals surface area contributed by atoms with Crippen LogP contribution in [0.4, 0.5) is 19.3 Å². The smallest absolute Gasteiger partial charge is 0.324 e. The van der Waals surface area contributed by atoms with Gasteiger partial charge in [0.2, 0.25) is 5.90 Å². The minimum atomic E-state index is -1.17. The van der Waals surface area contributed by atoms with Gasteiger partial charge in [-0.1, -0.05) is 11.6 Å². The fraction of sp³-hybridized carbons (Fsp3) is 0.333. The maximum atomic E-state index is 14.5. The molecule has 1 saturated heterocycles. The number of amides is 3. The number of nitrogens with two attached hydrogens (primary N) is 1. The molecule has 2 aliphatic rings. The Kier molecular flexibility index (Phi) is 8.35. The Morgan fingerprint density at radius 1 is 1.10 bits per heavy atom. The van der Waals surface area contributed by atoms with Crippen molar-refractivity contribution in [3.63, 3.8) is 0 Å². The van der Waals surface area contributed by atoms with Crippen molar-refractivity contribution < 1.29 is 42.1 Å². The van der Waals surface area contributed by atoms with E-state index in [2.05, 4.69) is 15.3 Å². The van der Waals surface area contributed by atoms with Crippen molar-refractivity contribution in [1.29, 1.82) is 0 Å². The molecule has 2 aromatic carbocycles. The maximum absolute atomic E-state index is 14.5. The molecule has 1 fully saturated rings. The van der Waals surface area contributed by atoms with E-state index in [1.165, 1.54) is 44.4 Å². The van der Waals surface area contributed by atoms with E-state index in [0.29, 0.717) is 0 Å². The van der Waals surface area contributed by atoms with Crippen molar-refractivity contribution in [1.82, 2.24) is 5.32 Å². The summed E-state index contributed by atoms with van der Waals surface area (Å²) in [7, 11) is 4.17. The first-order chi connectivity index (χ1) is 18.7. The summed E-state index contributed by atoms with van der Waals surface area (Å²) in [4.78, 5) is 34.4. The van der Waals surface area contributed by atoms with Crippen LogP contribution < -0.4 is 30.2 Å². The first kappa shape index (κ1) is 27.9. The molecule has 2 unspecified atom stereocenters. The van der Waals surface area contributed by atoms with Crippen LogP contribution in [0.25, 0.3) is 0 Å². The van der Waals surface area contributed by atoms with Gasteiger partial charge in [-0.2, -0.15) is 4.99 Å². The van der Waals surface area contributed by atoms with Crippen molar-refractivity contribution in [3.8, 4) is 17.2 Å². The van der Waals surface area contributed by atoms with E-state index in [-0.39, 0.29) is 51.9 Å². The molecule has 2 heterocycles. The monoisotopic (exact) mass is 567 g/mol. The Hall–Kier alpha value is -4.17. The molecule has 0 saturated carbocycles. The average molecular weight is 568 g/mol. The molecule has 4 rings (SSSR count). The fourth-order valence-corrected chi connectivity index (χ4v) is 4.25. The second kappa shape index (κ2) is 11.7. The quantitative estimate of drug-likeness (QED) is 0.448. The number of amidine groups is 1. The summed E-state index contributed by atoms with van der Waals surface area (Å²) >= 11 is 6.53. The number of nitrogens with one attached hydrogen (secondary N) is 1. The number of aliphatic imine (C=N–C) groups is 2. The number of primary amides is 1. The Morgan fingerprint density at radius 3 is 2.51 bits per heavy atom. The zero-order valence-corrected chi connectivity index (χ0v) is 21.8. The highest BCUT2D eigenvalue weighted by Crippen LogP contribution is 2.41. The predicted octanol–water partition coefficient (Wildman–Crippen LogP) is 2.40. The van der Waals surface area contributed by atoms with Crippen molar-refractivity contribution in [2.75, 3.05) is 39.4 Å². The number of hydrogen-bond acceptors (Lipinski definition) is 9. The molecule has 0 aliphatic carbocycles. The molecule has 2 aliphatic heterocycles. The molecule has 3 N–H and O–H groups in total. The molecule has 15 heteroatoms. The average Bonchev–Trinajstić information content (AvgIpc) is 3.24. The minimum absolute atomic E-state index is 0.0251. The van der Waals surface area contributed by atoms with E-state index in [1.807, 2.05) is 0 Å². The number of carbonyl (C=O) groups excluding carboxylic acids is 2. The highest BCUT2D eigenvalue weighted by Gasteiger charge is 2.47. The van der Waals surface area contributed by atoms with E-state index in [1.54, 1.807) is 0 Å². The van der Waals surface area contributed by atoms with Gasteiger partial charge in [0.25, 0.3) is 5.91 Å². The van der Waals surface area contributed by atoms with Crippen LogP contribution in [0, 0.1) is 11.6 Å². The molecule has 2 aromatic rings. The van der Waals surface area contributed by atoms with Crippen LogP contribution in [0.5, 0.6) is 17.2 Å². The predicted molar refractivity (Wildman–Crippen MR) is 136 cm³/mol. The lowest BCUT2D eigenvalue weighted by atomic mass is 10.1. The summed E-state index contributed by atoms with van der Waals surface area (Å²) in [6, 6.07) is 3.49. The number of fused-ring (bicyclic) bond motifs is 1. The largest absolute Gasteiger partial charge is 0.496 e. The molecule has 0 spiro atoms. The second-order valence-corrected chi connectivity index (χ2v) is 8.59. The molecule has 12 nitrogen and oxygen atoms in total. The fourth-order valence-electron chi connectivity index (χ4n) is 4.00. The van der Waals surface area contributed by atoms with E-state index in [9.17, 15) is 18.4 Å². The lowest BCUT2D eigenvalue weighted by molar-refractivity contribution is -0.119. The number of halogens is 3. The van der Waals surface area contributed by atoms with Gasteiger partial charge >= 0.3 is 6.03 Å². The standard InChI is InChI=1S/C24H24ClF2N5O7/c1-35-10-19-29-22-21(23(30-19)37-3)31-24(34)32(22)14-7-17(16(6-12(14)25)39-9-18(28)33)38-8-11-15(36-2)5-4-13(26)20(11)27/h4-7,21-22H,8-10H2,1-3H3,(H2,28,33)(H,31,34). The first-order valence-corrected chi connectivity index (χ1v) is 11.7. The number of nitrogens with zero attached hydrogens (tertiary/aromatic N) is 3. The van der Waals surface area contributed by atoms with Crippen molar-refractivity contribution >= 4 is 41.0 Å². The first-order valence-electron chi connectivity index (χ1n) is 11.3. The topological polar surface area (TPSA) is 146 Å². The summed E-state index contributed by atoms with van der Waals surface area (Å²) in [6.45, 7) is -0.978. The number of urea groups is 1. The van der Waals surface area contributed by atoms with Gasteiger partial charge in [-0.25, -0.2) is 18.6 Å². The molecular formula is C24H24ClF2N5O7. The van der Waals surface area contributed by atoms with Crippen LogP contribution in [-0.4, -0.2) is 70.4 Å². The maximum Gasteiger partial charge on any atom is 0.324 e. The number of benzene rings is 2.